The Morgan fingerprint density at radius 2 is 1.93 bits per heavy atom. The summed E-state index contributed by atoms with van der Waals surface area (Å²) in [4.78, 5) is 23.9. The van der Waals surface area contributed by atoms with Crippen molar-refractivity contribution in [2.24, 2.45) is 0 Å². The Morgan fingerprint density at radius 3 is 2.70 bits per heavy atom. The molecule has 1 amide bonds. The van der Waals surface area contributed by atoms with Crippen molar-refractivity contribution in [1.29, 1.82) is 5.26 Å². The number of nitrogens with one attached hydrogen (secondary N) is 1. The number of benzene rings is 2. The van der Waals surface area contributed by atoms with Gasteiger partial charge in [0.25, 0.3) is 0 Å². The van der Waals surface area contributed by atoms with Gasteiger partial charge in [-0.1, -0.05) is 48.2 Å². The van der Waals surface area contributed by atoms with Gasteiger partial charge in [0.1, 0.15) is 15.7 Å². The molecular formula is C23H18N4OS2. The first kappa shape index (κ1) is 20.1. The smallest absolute Gasteiger partial charge is 0.237 e. The normalized spacial score (nSPS) is 11.8. The zero-order valence-electron chi connectivity index (χ0n) is 16.4. The minimum absolute atomic E-state index is 0.141. The predicted octanol–water partition coefficient (Wildman–Crippen LogP) is 5.66. The highest BCUT2D eigenvalue weighted by atomic mass is 32.2. The third-order valence-electron chi connectivity index (χ3n) is 4.44. The SMILES string of the molecule is Cc1nc(SC(C)C(=O)Nc2cccc(C#N)c2)c2cc(-c3ccccc3)sc2n1. The number of hydrogen-bond donors (Lipinski definition) is 1. The highest BCUT2D eigenvalue weighted by Crippen LogP contribution is 2.37. The van der Waals surface area contributed by atoms with E-state index in [1.54, 1.807) is 35.6 Å². The maximum atomic E-state index is 12.7. The van der Waals surface area contributed by atoms with Crippen LogP contribution in [0.2, 0.25) is 0 Å². The summed E-state index contributed by atoms with van der Waals surface area (Å²) in [5, 5.41) is 13.3. The molecule has 4 aromatic rings. The van der Waals surface area contributed by atoms with Crippen LogP contribution in [0.4, 0.5) is 5.69 Å². The molecule has 0 aliphatic heterocycles. The summed E-state index contributed by atoms with van der Waals surface area (Å²) in [6, 6.07) is 21.2. The Labute approximate surface area is 182 Å². The molecule has 7 heteroatoms. The van der Waals surface area contributed by atoms with Gasteiger partial charge in [0.05, 0.1) is 16.9 Å². The van der Waals surface area contributed by atoms with E-state index in [0.29, 0.717) is 17.1 Å². The van der Waals surface area contributed by atoms with Gasteiger partial charge in [0, 0.05) is 16.0 Å². The van der Waals surface area contributed by atoms with Crippen molar-refractivity contribution >= 4 is 44.9 Å². The summed E-state index contributed by atoms with van der Waals surface area (Å²) < 4.78 is 0. The van der Waals surface area contributed by atoms with Gasteiger partial charge in [-0.05, 0) is 43.7 Å². The summed E-state index contributed by atoms with van der Waals surface area (Å²) in [5.74, 6) is 0.541. The van der Waals surface area contributed by atoms with Crippen molar-refractivity contribution in [3.8, 4) is 16.5 Å². The first-order valence-corrected chi connectivity index (χ1v) is 11.0. The van der Waals surface area contributed by atoms with Gasteiger partial charge >= 0.3 is 0 Å². The van der Waals surface area contributed by atoms with E-state index in [2.05, 4.69) is 39.6 Å². The predicted molar refractivity (Wildman–Crippen MR) is 123 cm³/mol. The number of nitriles is 1. The average Bonchev–Trinajstić information content (AvgIpc) is 3.18. The Kier molecular flexibility index (Phi) is 5.79. The molecular weight excluding hydrogens is 412 g/mol. The summed E-state index contributed by atoms with van der Waals surface area (Å²) in [6.45, 7) is 3.71. The van der Waals surface area contributed by atoms with Crippen LogP contribution in [0.3, 0.4) is 0 Å². The van der Waals surface area contributed by atoms with Crippen LogP contribution in [-0.2, 0) is 4.79 Å². The van der Waals surface area contributed by atoms with Crippen LogP contribution in [0, 0.1) is 18.3 Å². The molecule has 1 unspecified atom stereocenters. The molecule has 2 aromatic carbocycles. The van der Waals surface area contributed by atoms with Crippen LogP contribution in [0.5, 0.6) is 0 Å². The topological polar surface area (TPSA) is 78.7 Å². The van der Waals surface area contributed by atoms with Crippen molar-refractivity contribution in [3.63, 3.8) is 0 Å². The highest BCUT2D eigenvalue weighted by molar-refractivity contribution is 8.00. The largest absolute Gasteiger partial charge is 0.325 e. The number of aryl methyl sites for hydroxylation is 1. The van der Waals surface area contributed by atoms with Crippen LogP contribution >= 0.6 is 23.1 Å². The minimum atomic E-state index is -0.367. The second kappa shape index (κ2) is 8.66. The van der Waals surface area contributed by atoms with Crippen molar-refractivity contribution in [1.82, 2.24) is 9.97 Å². The number of thiophene rings is 1. The number of anilines is 1. The van der Waals surface area contributed by atoms with Gasteiger partial charge < -0.3 is 5.32 Å². The Bertz CT molecular complexity index is 1260. The van der Waals surface area contributed by atoms with Crippen LogP contribution in [-0.4, -0.2) is 21.1 Å². The van der Waals surface area contributed by atoms with Gasteiger partial charge in [0.2, 0.25) is 5.91 Å². The number of amides is 1. The van der Waals surface area contributed by atoms with Crippen molar-refractivity contribution in [2.75, 3.05) is 5.32 Å². The zero-order valence-corrected chi connectivity index (χ0v) is 18.1. The molecule has 0 aliphatic carbocycles. The second-order valence-electron chi connectivity index (χ2n) is 6.71. The lowest BCUT2D eigenvalue weighted by Crippen LogP contribution is -2.22. The number of rotatable bonds is 5. The zero-order chi connectivity index (χ0) is 21.1. The van der Waals surface area contributed by atoms with Gasteiger partial charge in [-0.15, -0.1) is 11.3 Å². The van der Waals surface area contributed by atoms with E-state index in [1.807, 2.05) is 32.0 Å². The van der Waals surface area contributed by atoms with Crippen molar-refractivity contribution in [3.05, 3.63) is 72.1 Å². The summed E-state index contributed by atoms with van der Waals surface area (Å²) >= 11 is 3.04. The molecule has 0 fully saturated rings. The molecule has 0 aliphatic rings. The monoisotopic (exact) mass is 430 g/mol. The Hall–Kier alpha value is -3.21. The minimum Gasteiger partial charge on any atom is -0.325 e. The standard InChI is InChI=1S/C23H18N4OS2/c1-14(21(28)27-18-10-6-7-16(11-18)13-24)29-22-19-12-20(17-8-4-3-5-9-17)30-23(19)26-15(2)25-22/h3-12,14H,1-2H3,(H,27,28). The molecule has 2 heterocycles. The number of carbonyl (C=O) groups is 1. The van der Waals surface area contributed by atoms with Crippen molar-refractivity contribution in [2.45, 2.75) is 24.1 Å². The molecule has 0 bridgehead atoms. The van der Waals surface area contributed by atoms with Crippen LogP contribution in [0.1, 0.15) is 18.3 Å². The van der Waals surface area contributed by atoms with Crippen molar-refractivity contribution < 1.29 is 4.79 Å². The third-order valence-corrected chi connectivity index (χ3v) is 6.62. The molecule has 0 saturated carbocycles. The fourth-order valence-corrected chi connectivity index (χ4v) is 5.08. The Balaban J connectivity index is 1.58. The first-order chi connectivity index (χ1) is 14.5. The van der Waals surface area contributed by atoms with E-state index in [0.717, 1.165) is 25.7 Å². The number of aromatic nitrogens is 2. The summed E-state index contributed by atoms with van der Waals surface area (Å²) in [5.41, 5.74) is 2.25. The molecule has 5 nitrogen and oxygen atoms in total. The van der Waals surface area contributed by atoms with Crippen LogP contribution < -0.4 is 5.32 Å². The van der Waals surface area contributed by atoms with E-state index in [4.69, 9.17) is 5.26 Å². The van der Waals surface area contributed by atoms with Crippen LogP contribution in [0.25, 0.3) is 20.7 Å². The van der Waals surface area contributed by atoms with E-state index in [1.165, 1.54) is 11.8 Å². The summed E-state index contributed by atoms with van der Waals surface area (Å²) in [6.07, 6.45) is 0. The van der Waals surface area contributed by atoms with Crippen LogP contribution in [0.15, 0.2) is 65.7 Å². The van der Waals surface area contributed by atoms with E-state index >= 15 is 0 Å². The molecule has 0 radical (unpaired) electrons. The molecule has 0 spiro atoms. The van der Waals surface area contributed by atoms with Gasteiger partial charge in [-0.25, -0.2) is 9.97 Å². The molecule has 4 rings (SSSR count). The summed E-state index contributed by atoms with van der Waals surface area (Å²) in [7, 11) is 0. The molecule has 30 heavy (non-hydrogen) atoms. The lowest BCUT2D eigenvalue weighted by molar-refractivity contribution is -0.115. The van der Waals surface area contributed by atoms with Gasteiger partial charge in [0.15, 0.2) is 0 Å². The van der Waals surface area contributed by atoms with Gasteiger partial charge in [-0.3, -0.25) is 4.79 Å². The quantitative estimate of drug-likeness (QED) is 0.327. The lowest BCUT2D eigenvalue weighted by Gasteiger charge is -2.12. The Morgan fingerprint density at radius 1 is 1.13 bits per heavy atom. The number of thioether (sulfide) groups is 1. The molecule has 1 atom stereocenters. The van der Waals surface area contributed by atoms with E-state index in [9.17, 15) is 4.79 Å². The molecule has 2 aromatic heterocycles. The van der Waals surface area contributed by atoms with E-state index in [-0.39, 0.29) is 11.2 Å². The maximum absolute atomic E-state index is 12.7. The maximum Gasteiger partial charge on any atom is 0.237 e. The lowest BCUT2D eigenvalue weighted by atomic mass is 10.2. The third kappa shape index (κ3) is 4.35. The fourth-order valence-electron chi connectivity index (χ4n) is 2.96. The number of hydrogen-bond acceptors (Lipinski definition) is 6. The number of carbonyl (C=O) groups excluding carboxylic acids is 1. The number of fused-ring (bicyclic) bond motifs is 1. The van der Waals surface area contributed by atoms with Gasteiger partial charge in [-0.2, -0.15) is 5.26 Å². The second-order valence-corrected chi connectivity index (χ2v) is 9.07. The molecule has 1 N–H and O–H groups in total. The molecule has 148 valence electrons. The highest BCUT2D eigenvalue weighted by Gasteiger charge is 2.19. The fraction of sp³-hybridized carbons (Fsp3) is 0.130. The van der Waals surface area contributed by atoms with E-state index < -0.39 is 0 Å². The number of nitrogens with zero attached hydrogens (tertiary/aromatic N) is 3. The molecule has 0 saturated heterocycles. The first-order valence-electron chi connectivity index (χ1n) is 9.35. The average molecular weight is 431 g/mol.